The molecule has 5 heteroatoms. The van der Waals surface area contributed by atoms with E-state index < -0.39 is 5.97 Å². The maximum Gasteiger partial charge on any atom is 0.335 e. The van der Waals surface area contributed by atoms with Gasteiger partial charge < -0.3 is 10.4 Å². The highest BCUT2D eigenvalue weighted by atomic mass is 16.4. The van der Waals surface area contributed by atoms with Gasteiger partial charge in [-0.3, -0.25) is 9.78 Å². The van der Waals surface area contributed by atoms with Crippen molar-refractivity contribution in [3.05, 3.63) is 65.5 Å². The van der Waals surface area contributed by atoms with Crippen molar-refractivity contribution in [2.45, 2.75) is 19.4 Å². The third-order valence-electron chi connectivity index (χ3n) is 3.20. The van der Waals surface area contributed by atoms with Gasteiger partial charge in [0, 0.05) is 6.20 Å². The SMILES string of the molecule is CC(C(=O)NCc1cc(C(=O)O)ccn1)c1ccccc1. The van der Waals surface area contributed by atoms with Crippen molar-refractivity contribution < 1.29 is 14.7 Å². The summed E-state index contributed by atoms with van der Waals surface area (Å²) >= 11 is 0. The molecule has 0 aliphatic heterocycles. The Balaban J connectivity index is 1.98. The Kier molecular flexibility index (Phi) is 4.66. The molecule has 0 fully saturated rings. The summed E-state index contributed by atoms with van der Waals surface area (Å²) in [6.45, 7) is 2.03. The van der Waals surface area contributed by atoms with Crippen LogP contribution in [0, 0.1) is 0 Å². The van der Waals surface area contributed by atoms with E-state index in [2.05, 4.69) is 10.3 Å². The average molecular weight is 284 g/mol. The second-order valence-corrected chi connectivity index (χ2v) is 4.69. The fourth-order valence-corrected chi connectivity index (χ4v) is 1.93. The standard InChI is InChI=1S/C16H16N2O3/c1-11(12-5-3-2-4-6-12)15(19)18-10-14-9-13(16(20)21)7-8-17-14/h2-9,11H,10H2,1H3,(H,18,19)(H,20,21). The van der Waals surface area contributed by atoms with Crippen LogP contribution in [0.25, 0.3) is 0 Å². The number of carboxylic acids is 1. The largest absolute Gasteiger partial charge is 0.478 e. The Hall–Kier alpha value is -2.69. The molecular formula is C16H16N2O3. The fourth-order valence-electron chi connectivity index (χ4n) is 1.93. The van der Waals surface area contributed by atoms with E-state index in [1.54, 1.807) is 0 Å². The summed E-state index contributed by atoms with van der Waals surface area (Å²) in [5.74, 6) is -1.40. The number of nitrogens with zero attached hydrogens (tertiary/aromatic N) is 1. The van der Waals surface area contributed by atoms with Crippen LogP contribution in [-0.2, 0) is 11.3 Å². The van der Waals surface area contributed by atoms with Crippen molar-refractivity contribution in [3.8, 4) is 0 Å². The Morgan fingerprint density at radius 3 is 2.62 bits per heavy atom. The predicted octanol–water partition coefficient (Wildman–Crippen LogP) is 2.20. The number of nitrogens with one attached hydrogen (secondary N) is 1. The molecule has 2 aromatic rings. The van der Waals surface area contributed by atoms with Gasteiger partial charge in [0.15, 0.2) is 0 Å². The van der Waals surface area contributed by atoms with Crippen molar-refractivity contribution in [1.29, 1.82) is 0 Å². The Morgan fingerprint density at radius 1 is 1.24 bits per heavy atom. The van der Waals surface area contributed by atoms with Crippen molar-refractivity contribution in [3.63, 3.8) is 0 Å². The number of carbonyl (C=O) groups excluding carboxylic acids is 1. The normalized spacial score (nSPS) is 11.7. The van der Waals surface area contributed by atoms with E-state index in [4.69, 9.17) is 5.11 Å². The first-order valence-corrected chi connectivity index (χ1v) is 6.59. The molecule has 2 rings (SSSR count). The second kappa shape index (κ2) is 6.65. The van der Waals surface area contributed by atoms with Gasteiger partial charge in [-0.1, -0.05) is 30.3 Å². The van der Waals surface area contributed by atoms with Crippen LogP contribution in [0.5, 0.6) is 0 Å². The summed E-state index contributed by atoms with van der Waals surface area (Å²) in [5.41, 5.74) is 1.61. The van der Waals surface area contributed by atoms with Crippen molar-refractivity contribution in [2.75, 3.05) is 0 Å². The smallest absolute Gasteiger partial charge is 0.335 e. The molecule has 1 aromatic heterocycles. The zero-order valence-corrected chi connectivity index (χ0v) is 11.6. The van der Waals surface area contributed by atoms with Gasteiger partial charge in [-0.25, -0.2) is 4.79 Å². The molecule has 0 saturated heterocycles. The lowest BCUT2D eigenvalue weighted by molar-refractivity contribution is -0.122. The van der Waals surface area contributed by atoms with E-state index >= 15 is 0 Å². The number of aromatic nitrogens is 1. The molecular weight excluding hydrogens is 268 g/mol. The Labute approximate surface area is 122 Å². The van der Waals surface area contributed by atoms with Crippen molar-refractivity contribution >= 4 is 11.9 Å². The third-order valence-corrected chi connectivity index (χ3v) is 3.20. The molecule has 0 bridgehead atoms. The summed E-state index contributed by atoms with van der Waals surface area (Å²) in [6.07, 6.45) is 1.42. The van der Waals surface area contributed by atoms with Gasteiger partial charge in [0.05, 0.1) is 23.7 Å². The van der Waals surface area contributed by atoms with Crippen LogP contribution in [0.2, 0.25) is 0 Å². The van der Waals surface area contributed by atoms with E-state index in [1.807, 2.05) is 37.3 Å². The van der Waals surface area contributed by atoms with E-state index in [1.165, 1.54) is 18.3 Å². The molecule has 0 aliphatic carbocycles. The fraction of sp³-hybridized carbons (Fsp3) is 0.188. The molecule has 1 amide bonds. The molecule has 0 spiro atoms. The van der Waals surface area contributed by atoms with Crippen LogP contribution in [0.1, 0.15) is 34.5 Å². The number of benzene rings is 1. The van der Waals surface area contributed by atoms with E-state index in [0.717, 1.165) is 5.56 Å². The second-order valence-electron chi connectivity index (χ2n) is 4.69. The van der Waals surface area contributed by atoms with Crippen LogP contribution in [0.4, 0.5) is 0 Å². The number of carbonyl (C=O) groups is 2. The third kappa shape index (κ3) is 3.89. The highest BCUT2D eigenvalue weighted by Crippen LogP contribution is 2.14. The highest BCUT2D eigenvalue weighted by molar-refractivity contribution is 5.87. The summed E-state index contributed by atoms with van der Waals surface area (Å²) < 4.78 is 0. The highest BCUT2D eigenvalue weighted by Gasteiger charge is 2.14. The summed E-state index contributed by atoms with van der Waals surface area (Å²) in [4.78, 5) is 27.0. The molecule has 1 heterocycles. The Morgan fingerprint density at radius 2 is 1.95 bits per heavy atom. The molecule has 21 heavy (non-hydrogen) atoms. The van der Waals surface area contributed by atoms with Crippen LogP contribution in [0.3, 0.4) is 0 Å². The first-order chi connectivity index (χ1) is 10.1. The number of hydrogen-bond acceptors (Lipinski definition) is 3. The molecule has 0 aliphatic rings. The van der Waals surface area contributed by atoms with Crippen molar-refractivity contribution in [1.82, 2.24) is 10.3 Å². The maximum absolute atomic E-state index is 12.1. The lowest BCUT2D eigenvalue weighted by atomic mass is 10.0. The lowest BCUT2D eigenvalue weighted by Gasteiger charge is -2.12. The Bertz CT molecular complexity index is 641. The summed E-state index contributed by atoms with van der Waals surface area (Å²) in [5, 5.41) is 11.7. The van der Waals surface area contributed by atoms with E-state index in [0.29, 0.717) is 5.69 Å². The van der Waals surface area contributed by atoms with Crippen LogP contribution in [-0.4, -0.2) is 22.0 Å². The number of hydrogen-bond donors (Lipinski definition) is 2. The minimum Gasteiger partial charge on any atom is -0.478 e. The van der Waals surface area contributed by atoms with Gasteiger partial charge in [-0.2, -0.15) is 0 Å². The molecule has 0 radical (unpaired) electrons. The van der Waals surface area contributed by atoms with Crippen LogP contribution >= 0.6 is 0 Å². The molecule has 1 aromatic carbocycles. The zero-order valence-electron chi connectivity index (χ0n) is 11.6. The van der Waals surface area contributed by atoms with Gasteiger partial charge >= 0.3 is 5.97 Å². The number of carboxylic acid groups (broad SMARTS) is 1. The predicted molar refractivity (Wildman–Crippen MR) is 77.9 cm³/mol. The molecule has 0 saturated carbocycles. The summed E-state index contributed by atoms with van der Waals surface area (Å²) in [7, 11) is 0. The van der Waals surface area contributed by atoms with E-state index in [9.17, 15) is 9.59 Å². The van der Waals surface area contributed by atoms with Crippen molar-refractivity contribution in [2.24, 2.45) is 0 Å². The summed E-state index contributed by atoms with van der Waals surface area (Å²) in [6, 6.07) is 12.3. The monoisotopic (exact) mass is 284 g/mol. The van der Waals surface area contributed by atoms with Gasteiger partial charge in [0.2, 0.25) is 5.91 Å². The van der Waals surface area contributed by atoms with Gasteiger partial charge in [0.25, 0.3) is 0 Å². The topological polar surface area (TPSA) is 79.3 Å². The van der Waals surface area contributed by atoms with Crippen LogP contribution in [0.15, 0.2) is 48.7 Å². The molecule has 1 atom stereocenters. The number of rotatable bonds is 5. The first kappa shape index (κ1) is 14.7. The van der Waals surface area contributed by atoms with Gasteiger partial charge in [-0.05, 0) is 24.6 Å². The molecule has 5 nitrogen and oxygen atoms in total. The van der Waals surface area contributed by atoms with Gasteiger partial charge in [0.1, 0.15) is 0 Å². The molecule has 2 N–H and O–H groups in total. The van der Waals surface area contributed by atoms with Gasteiger partial charge in [-0.15, -0.1) is 0 Å². The quantitative estimate of drug-likeness (QED) is 0.882. The number of amides is 1. The first-order valence-electron chi connectivity index (χ1n) is 6.59. The zero-order chi connectivity index (χ0) is 15.2. The molecule has 108 valence electrons. The van der Waals surface area contributed by atoms with Crippen LogP contribution < -0.4 is 5.32 Å². The minimum atomic E-state index is -1.01. The number of aromatic carboxylic acids is 1. The van der Waals surface area contributed by atoms with E-state index in [-0.39, 0.29) is 23.9 Å². The lowest BCUT2D eigenvalue weighted by Crippen LogP contribution is -2.28. The maximum atomic E-state index is 12.1. The molecule has 1 unspecified atom stereocenters. The average Bonchev–Trinajstić information content (AvgIpc) is 2.53. The number of pyridine rings is 1. The minimum absolute atomic E-state index is 0.122.